The molecule has 3 fully saturated rings. The standard InChI is InChI=1S/C30H38BFO8/c1-6-28(4)13-23(40-24(34)15-37-20-8-7-19-14-39-31(36)21(19)11-20)29(5)17(2)9-10-30(18(3)27(28)38-16-33)12-22(32)25(35)26(29)30/h6-8,11,16-18,22-23,26-27,36H,1,9-10,12-15H2,2-5H3/t17-,18+,22+,23-,26+,27+,28-,29+,30+/m1/s1. The van der Waals surface area contributed by atoms with Crippen LogP contribution in [0.2, 0.25) is 0 Å². The van der Waals surface area contributed by atoms with Crippen molar-refractivity contribution in [2.45, 2.75) is 78.4 Å². The lowest BCUT2D eigenvalue weighted by atomic mass is 9.44. The maximum absolute atomic E-state index is 15.4. The molecule has 4 aliphatic rings. The molecule has 1 aromatic carbocycles. The van der Waals surface area contributed by atoms with E-state index in [9.17, 15) is 19.4 Å². The fraction of sp³-hybridized carbons (Fsp3) is 0.633. The van der Waals surface area contributed by atoms with Crippen LogP contribution >= 0.6 is 0 Å². The van der Waals surface area contributed by atoms with E-state index in [4.69, 9.17) is 18.9 Å². The minimum atomic E-state index is -1.62. The molecule has 0 saturated heterocycles. The zero-order chi connectivity index (χ0) is 29.0. The van der Waals surface area contributed by atoms with E-state index >= 15 is 4.39 Å². The van der Waals surface area contributed by atoms with Gasteiger partial charge in [-0.15, -0.1) is 6.58 Å². The van der Waals surface area contributed by atoms with Gasteiger partial charge in [0.15, 0.2) is 18.6 Å². The molecular formula is C30H38BFO8. The third kappa shape index (κ3) is 4.29. The Morgan fingerprint density at radius 3 is 2.75 bits per heavy atom. The van der Waals surface area contributed by atoms with Crippen molar-refractivity contribution in [3.8, 4) is 5.75 Å². The highest BCUT2D eigenvalue weighted by molar-refractivity contribution is 6.61. The van der Waals surface area contributed by atoms with Crippen molar-refractivity contribution >= 4 is 30.8 Å². The van der Waals surface area contributed by atoms with Gasteiger partial charge in [0.25, 0.3) is 6.47 Å². The zero-order valence-corrected chi connectivity index (χ0v) is 23.6. The fourth-order valence-electron chi connectivity index (χ4n) is 8.38. The largest absolute Gasteiger partial charge is 0.491 e. The third-order valence-corrected chi connectivity index (χ3v) is 10.9. The predicted octanol–water partition coefficient (Wildman–Crippen LogP) is 3.32. The molecule has 1 N–H and O–H groups in total. The van der Waals surface area contributed by atoms with Gasteiger partial charge in [-0.05, 0) is 60.2 Å². The molecule has 1 aliphatic heterocycles. The van der Waals surface area contributed by atoms with Crippen LogP contribution in [0, 0.1) is 34.0 Å². The molecule has 0 amide bonds. The molecule has 2 bridgehead atoms. The number of halogens is 1. The minimum Gasteiger partial charge on any atom is -0.482 e. The van der Waals surface area contributed by atoms with Gasteiger partial charge in [-0.2, -0.15) is 0 Å². The summed E-state index contributed by atoms with van der Waals surface area (Å²) in [5, 5.41) is 9.99. The second-order valence-electron chi connectivity index (χ2n) is 12.7. The maximum atomic E-state index is 15.4. The van der Waals surface area contributed by atoms with Gasteiger partial charge in [0.1, 0.15) is 18.0 Å². The molecule has 0 spiro atoms. The highest BCUT2D eigenvalue weighted by atomic mass is 19.1. The lowest BCUT2D eigenvalue weighted by Gasteiger charge is -2.61. The van der Waals surface area contributed by atoms with Gasteiger partial charge in [-0.25, -0.2) is 9.18 Å². The number of benzene rings is 1. The number of rotatable bonds is 7. The average Bonchev–Trinajstić information content (AvgIpc) is 3.43. The SMILES string of the molecule is C=C[C@]1(C)C[C@@H](OC(=O)COc2ccc3c(c2)B(O)OC3)[C@]2(C)[C@H](C)CC[C@]3(C[C@H](F)C(=O)[C@H]32)[C@@H](C)[C@@H]1OC=O. The van der Waals surface area contributed by atoms with Crippen molar-refractivity contribution in [3.63, 3.8) is 0 Å². The summed E-state index contributed by atoms with van der Waals surface area (Å²) in [4.78, 5) is 38.5. The monoisotopic (exact) mass is 556 g/mol. The van der Waals surface area contributed by atoms with Crippen LogP contribution in [-0.4, -0.2) is 55.4 Å². The number of ketones is 1. The molecule has 9 atom stereocenters. The summed E-state index contributed by atoms with van der Waals surface area (Å²) in [7, 11) is -1.04. The van der Waals surface area contributed by atoms with Crippen molar-refractivity contribution < 1.29 is 42.7 Å². The molecule has 1 heterocycles. The van der Waals surface area contributed by atoms with Gasteiger partial charge in [-0.3, -0.25) is 9.59 Å². The van der Waals surface area contributed by atoms with Crippen molar-refractivity contribution in [1.82, 2.24) is 0 Å². The Kier molecular flexibility index (Phi) is 7.40. The third-order valence-electron chi connectivity index (χ3n) is 10.9. The lowest BCUT2D eigenvalue weighted by Crippen LogP contribution is -2.63. The number of alkyl halides is 1. The first-order chi connectivity index (χ1) is 18.9. The normalized spacial score (nSPS) is 40.4. The van der Waals surface area contributed by atoms with Crippen LogP contribution in [0.3, 0.4) is 0 Å². The highest BCUT2D eigenvalue weighted by Crippen LogP contribution is 2.68. The van der Waals surface area contributed by atoms with Crippen molar-refractivity contribution in [2.24, 2.45) is 34.0 Å². The van der Waals surface area contributed by atoms with E-state index in [1.54, 1.807) is 24.3 Å². The molecule has 5 rings (SSSR count). The molecule has 10 heteroatoms. The Morgan fingerprint density at radius 1 is 1.30 bits per heavy atom. The van der Waals surface area contributed by atoms with Crippen LogP contribution in [0.4, 0.5) is 4.39 Å². The van der Waals surface area contributed by atoms with Gasteiger partial charge in [-0.1, -0.05) is 39.8 Å². The number of fused-ring (bicyclic) bond motifs is 1. The number of carbonyl (C=O) groups excluding carboxylic acids is 3. The Hall–Kier alpha value is -2.72. The summed E-state index contributed by atoms with van der Waals surface area (Å²) >= 11 is 0. The molecule has 40 heavy (non-hydrogen) atoms. The molecule has 3 saturated carbocycles. The molecule has 216 valence electrons. The van der Waals surface area contributed by atoms with Crippen LogP contribution in [0.1, 0.15) is 58.9 Å². The first-order valence-electron chi connectivity index (χ1n) is 14.1. The Bertz CT molecular complexity index is 1210. The topological polar surface area (TPSA) is 108 Å². The van der Waals surface area contributed by atoms with Crippen LogP contribution < -0.4 is 10.2 Å². The molecule has 0 aromatic heterocycles. The second-order valence-corrected chi connectivity index (χ2v) is 12.7. The molecule has 8 nitrogen and oxygen atoms in total. The van der Waals surface area contributed by atoms with Gasteiger partial charge < -0.3 is 23.9 Å². The average molecular weight is 556 g/mol. The predicted molar refractivity (Wildman–Crippen MR) is 144 cm³/mol. The molecule has 1 aromatic rings. The van der Waals surface area contributed by atoms with Crippen LogP contribution in [-0.2, 0) is 35.1 Å². The summed E-state index contributed by atoms with van der Waals surface area (Å²) in [6.45, 7) is 12.2. The number of hydrogen-bond donors (Lipinski definition) is 1. The van der Waals surface area contributed by atoms with E-state index in [1.807, 2.05) is 27.7 Å². The van der Waals surface area contributed by atoms with Crippen LogP contribution in [0.5, 0.6) is 5.75 Å². The zero-order valence-electron chi connectivity index (χ0n) is 23.6. The number of Topliss-reactive ketones (excluding diaryl/α,β-unsaturated/α-hetero) is 1. The van der Waals surface area contributed by atoms with Crippen LogP contribution in [0.25, 0.3) is 0 Å². The summed E-state index contributed by atoms with van der Waals surface area (Å²) < 4.78 is 38.1. The number of esters is 1. The van der Waals surface area contributed by atoms with Crippen molar-refractivity contribution in [2.75, 3.05) is 6.61 Å². The summed E-state index contributed by atoms with van der Waals surface area (Å²) in [5.74, 6) is -1.77. The van der Waals surface area contributed by atoms with Gasteiger partial charge in [0.05, 0.1) is 6.61 Å². The first-order valence-corrected chi connectivity index (χ1v) is 14.1. The quantitative estimate of drug-likeness (QED) is 0.236. The van der Waals surface area contributed by atoms with Gasteiger partial charge in [0.2, 0.25) is 0 Å². The number of hydrogen-bond acceptors (Lipinski definition) is 8. The van der Waals surface area contributed by atoms with E-state index in [2.05, 4.69) is 6.58 Å². The van der Waals surface area contributed by atoms with Gasteiger partial charge >= 0.3 is 13.1 Å². The highest BCUT2D eigenvalue weighted by Gasteiger charge is 2.71. The molecule has 0 unspecified atom stereocenters. The molecule has 0 radical (unpaired) electrons. The van der Waals surface area contributed by atoms with Crippen LogP contribution in [0.15, 0.2) is 30.9 Å². The lowest BCUT2D eigenvalue weighted by molar-refractivity contribution is -0.211. The number of carbonyl (C=O) groups is 3. The van der Waals surface area contributed by atoms with E-state index in [0.29, 0.717) is 30.7 Å². The van der Waals surface area contributed by atoms with E-state index in [-0.39, 0.29) is 24.7 Å². The van der Waals surface area contributed by atoms with E-state index < -0.39 is 66.0 Å². The minimum absolute atomic E-state index is 0.0402. The van der Waals surface area contributed by atoms with E-state index in [1.165, 1.54) is 0 Å². The summed E-state index contributed by atoms with van der Waals surface area (Å²) in [6, 6.07) is 5.09. The second kappa shape index (κ2) is 10.3. The Balaban J connectivity index is 1.48. The molecular weight excluding hydrogens is 518 g/mol. The smallest absolute Gasteiger partial charge is 0.482 e. The maximum Gasteiger partial charge on any atom is 0.491 e. The van der Waals surface area contributed by atoms with Crippen molar-refractivity contribution in [1.29, 1.82) is 0 Å². The summed E-state index contributed by atoms with van der Waals surface area (Å²) in [6.07, 6.45) is 0.262. The van der Waals surface area contributed by atoms with Crippen molar-refractivity contribution in [3.05, 3.63) is 36.4 Å². The summed E-state index contributed by atoms with van der Waals surface area (Å²) in [5.41, 5.74) is -0.980. The first kappa shape index (κ1) is 28.8. The number of ether oxygens (including phenoxy) is 3. The van der Waals surface area contributed by atoms with E-state index in [0.717, 1.165) is 12.0 Å². The molecule has 3 aliphatic carbocycles. The Labute approximate surface area is 234 Å². The van der Waals surface area contributed by atoms with Gasteiger partial charge in [0, 0.05) is 22.7 Å². The Morgan fingerprint density at radius 2 is 2.05 bits per heavy atom. The fourth-order valence-corrected chi connectivity index (χ4v) is 8.38.